The maximum atomic E-state index is 9.69. The summed E-state index contributed by atoms with van der Waals surface area (Å²) in [6.45, 7) is 14.9. The fraction of sp³-hybridized carbons (Fsp3) is 0.684. The molecule has 0 bridgehead atoms. The van der Waals surface area contributed by atoms with Crippen molar-refractivity contribution < 1.29 is 5.11 Å². The minimum absolute atomic E-state index is 0.810. The number of thiophene rings is 1. The summed E-state index contributed by atoms with van der Waals surface area (Å²) in [5.74, 6) is 6.77. The van der Waals surface area contributed by atoms with Crippen LogP contribution in [0.2, 0.25) is 0 Å². The molecule has 1 aliphatic rings. The lowest BCUT2D eigenvalue weighted by Gasteiger charge is -2.23. The molecule has 1 aromatic heterocycles. The molecule has 0 radical (unpaired) electrons. The summed E-state index contributed by atoms with van der Waals surface area (Å²) in [5.41, 5.74) is -0.923. The van der Waals surface area contributed by atoms with E-state index in [4.69, 9.17) is 0 Å². The van der Waals surface area contributed by atoms with Gasteiger partial charge in [0.15, 0.2) is 0 Å². The molecular formula is C19H30N2OS. The second-order valence-electron chi connectivity index (χ2n) is 6.95. The van der Waals surface area contributed by atoms with E-state index in [9.17, 15) is 5.11 Å². The van der Waals surface area contributed by atoms with Gasteiger partial charge in [0.1, 0.15) is 5.60 Å². The van der Waals surface area contributed by atoms with E-state index in [-0.39, 0.29) is 0 Å². The van der Waals surface area contributed by atoms with Crippen molar-refractivity contribution in [2.24, 2.45) is 5.92 Å². The molecule has 1 atom stereocenters. The van der Waals surface area contributed by atoms with Gasteiger partial charge in [-0.15, -0.1) is 11.3 Å². The average Bonchev–Trinajstić information content (AvgIpc) is 3.13. The topological polar surface area (TPSA) is 26.7 Å². The fourth-order valence-corrected chi connectivity index (χ4v) is 3.89. The van der Waals surface area contributed by atoms with Crippen LogP contribution in [0.3, 0.4) is 0 Å². The maximum absolute atomic E-state index is 9.69. The van der Waals surface area contributed by atoms with Gasteiger partial charge in [0, 0.05) is 24.5 Å². The Morgan fingerprint density at radius 2 is 2.17 bits per heavy atom. The summed E-state index contributed by atoms with van der Waals surface area (Å²) in [5, 5.41) is 9.69. The molecule has 128 valence electrons. The van der Waals surface area contributed by atoms with Crippen LogP contribution in [0.25, 0.3) is 0 Å². The molecule has 1 N–H and O–H groups in total. The Morgan fingerprint density at radius 1 is 1.39 bits per heavy atom. The normalized spacial score (nSPS) is 19.1. The largest absolute Gasteiger partial charge is 0.378 e. The van der Waals surface area contributed by atoms with Crippen molar-refractivity contribution in [2.45, 2.75) is 46.3 Å². The van der Waals surface area contributed by atoms with Crippen LogP contribution in [0.4, 0.5) is 0 Å². The molecule has 1 fully saturated rings. The highest BCUT2D eigenvalue weighted by Gasteiger charge is 2.23. The molecule has 1 aliphatic heterocycles. The van der Waals surface area contributed by atoms with Gasteiger partial charge in [-0.3, -0.25) is 4.90 Å². The summed E-state index contributed by atoms with van der Waals surface area (Å²) >= 11 is 1.74. The minimum Gasteiger partial charge on any atom is -0.378 e. The van der Waals surface area contributed by atoms with Crippen LogP contribution in [0.5, 0.6) is 0 Å². The summed E-state index contributed by atoms with van der Waals surface area (Å²) in [7, 11) is 0. The van der Waals surface area contributed by atoms with Crippen LogP contribution < -0.4 is 0 Å². The minimum atomic E-state index is -0.923. The van der Waals surface area contributed by atoms with Gasteiger partial charge in [0.2, 0.25) is 0 Å². The molecule has 3 nitrogen and oxygen atoms in total. The summed E-state index contributed by atoms with van der Waals surface area (Å²) in [6, 6.07) is 4.25. The van der Waals surface area contributed by atoms with Gasteiger partial charge in [0.25, 0.3) is 0 Å². The smallest absolute Gasteiger partial charge is 0.120 e. The lowest BCUT2D eigenvalue weighted by atomic mass is 10.1. The van der Waals surface area contributed by atoms with E-state index >= 15 is 0 Å². The molecule has 0 amide bonds. The van der Waals surface area contributed by atoms with Crippen molar-refractivity contribution in [1.29, 1.82) is 0 Å². The monoisotopic (exact) mass is 334 g/mol. The first-order valence-corrected chi connectivity index (χ1v) is 9.50. The zero-order valence-corrected chi connectivity index (χ0v) is 15.7. The Hall–Kier alpha value is -0.860. The van der Waals surface area contributed by atoms with Crippen LogP contribution >= 0.6 is 11.3 Å². The molecule has 0 spiro atoms. The second kappa shape index (κ2) is 8.30. The van der Waals surface area contributed by atoms with Crippen molar-refractivity contribution in [3.63, 3.8) is 0 Å². The first-order valence-electron chi connectivity index (χ1n) is 8.68. The van der Waals surface area contributed by atoms with Gasteiger partial charge in [0.05, 0.1) is 4.88 Å². The highest BCUT2D eigenvalue weighted by atomic mass is 32.1. The molecule has 1 aromatic rings. The standard InChI is InChI=1S/C19H30N2OS/c1-5-20-12-10-16(13-20)14-21(6-2)15-18-8-7-17(23-18)9-11-19(3,4)22/h7-8,16,22H,5-6,10,12-15H2,1-4H3. The van der Waals surface area contributed by atoms with Crippen molar-refractivity contribution in [3.05, 3.63) is 21.9 Å². The number of hydrogen-bond donors (Lipinski definition) is 1. The van der Waals surface area contributed by atoms with Crippen LogP contribution in [0.15, 0.2) is 12.1 Å². The zero-order valence-electron chi connectivity index (χ0n) is 14.9. The van der Waals surface area contributed by atoms with Crippen LogP contribution in [0.1, 0.15) is 43.9 Å². The first kappa shape index (κ1) is 18.5. The van der Waals surface area contributed by atoms with Gasteiger partial charge in [-0.1, -0.05) is 25.7 Å². The lowest BCUT2D eigenvalue weighted by Crippen LogP contribution is -2.30. The second-order valence-corrected chi connectivity index (χ2v) is 8.12. The van der Waals surface area contributed by atoms with Gasteiger partial charge in [-0.2, -0.15) is 0 Å². The van der Waals surface area contributed by atoms with Crippen LogP contribution in [0, 0.1) is 17.8 Å². The Morgan fingerprint density at radius 3 is 2.78 bits per heavy atom. The number of aliphatic hydroxyl groups is 1. The summed E-state index contributed by atoms with van der Waals surface area (Å²) in [6.07, 6.45) is 1.33. The summed E-state index contributed by atoms with van der Waals surface area (Å²) < 4.78 is 0. The van der Waals surface area contributed by atoms with Crippen molar-refractivity contribution in [3.8, 4) is 11.8 Å². The molecule has 0 aliphatic carbocycles. The molecule has 0 aromatic carbocycles. The Labute approximate surface area is 145 Å². The Balaban J connectivity index is 1.89. The highest BCUT2D eigenvalue weighted by molar-refractivity contribution is 7.12. The third-order valence-corrected chi connectivity index (χ3v) is 5.30. The number of hydrogen-bond acceptors (Lipinski definition) is 4. The van der Waals surface area contributed by atoms with Gasteiger partial charge in [-0.25, -0.2) is 0 Å². The zero-order chi connectivity index (χ0) is 16.9. The number of nitrogens with zero attached hydrogens (tertiary/aromatic N) is 2. The van der Waals surface area contributed by atoms with E-state index < -0.39 is 5.60 Å². The predicted molar refractivity (Wildman–Crippen MR) is 98.7 cm³/mol. The van der Waals surface area contributed by atoms with E-state index in [1.165, 1.54) is 37.5 Å². The fourth-order valence-electron chi connectivity index (χ4n) is 2.98. The molecule has 2 rings (SSSR count). The quantitative estimate of drug-likeness (QED) is 0.810. The van der Waals surface area contributed by atoms with Crippen molar-refractivity contribution in [1.82, 2.24) is 9.80 Å². The van der Waals surface area contributed by atoms with Gasteiger partial charge < -0.3 is 10.0 Å². The number of likely N-dealkylation sites (tertiary alicyclic amines) is 1. The third-order valence-electron chi connectivity index (χ3n) is 4.31. The van der Waals surface area contributed by atoms with E-state index in [0.29, 0.717) is 0 Å². The molecule has 2 heterocycles. The SMILES string of the molecule is CCN1CCC(CN(CC)Cc2ccc(C#CC(C)(C)O)s2)C1. The van der Waals surface area contributed by atoms with Gasteiger partial charge >= 0.3 is 0 Å². The van der Waals surface area contributed by atoms with E-state index in [1.54, 1.807) is 25.2 Å². The molecule has 23 heavy (non-hydrogen) atoms. The van der Waals surface area contributed by atoms with Gasteiger partial charge in [-0.05, 0) is 58.0 Å². The molecule has 1 saturated heterocycles. The summed E-state index contributed by atoms with van der Waals surface area (Å²) in [4.78, 5) is 7.49. The molecule has 4 heteroatoms. The van der Waals surface area contributed by atoms with E-state index in [1.807, 2.05) is 0 Å². The van der Waals surface area contributed by atoms with Crippen molar-refractivity contribution in [2.75, 3.05) is 32.7 Å². The Kier molecular flexibility index (Phi) is 6.67. The predicted octanol–water partition coefficient (Wildman–Crippen LogP) is 3.03. The Bertz CT molecular complexity index is 550. The van der Waals surface area contributed by atoms with Crippen LogP contribution in [-0.4, -0.2) is 53.2 Å². The van der Waals surface area contributed by atoms with Crippen LogP contribution in [-0.2, 0) is 6.54 Å². The molecule has 0 saturated carbocycles. The van der Waals surface area contributed by atoms with E-state index in [0.717, 1.165) is 23.9 Å². The average molecular weight is 335 g/mol. The molecule has 1 unspecified atom stereocenters. The first-order chi connectivity index (χ1) is 10.9. The third kappa shape index (κ3) is 6.27. The maximum Gasteiger partial charge on any atom is 0.120 e. The number of rotatable bonds is 6. The highest BCUT2D eigenvalue weighted by Crippen LogP contribution is 2.21. The van der Waals surface area contributed by atoms with Crippen molar-refractivity contribution >= 4 is 11.3 Å². The molecular weight excluding hydrogens is 304 g/mol. The lowest BCUT2D eigenvalue weighted by molar-refractivity contribution is 0.143. The van der Waals surface area contributed by atoms with E-state index in [2.05, 4.69) is 47.6 Å².